The minimum absolute atomic E-state index is 0.0215. The maximum Gasteiger partial charge on any atom is 0.301 e. The van der Waals surface area contributed by atoms with Crippen LogP contribution >= 0.6 is 0 Å². The maximum absolute atomic E-state index is 12.4. The summed E-state index contributed by atoms with van der Waals surface area (Å²) in [4.78, 5) is 15.7. The van der Waals surface area contributed by atoms with Crippen molar-refractivity contribution in [2.24, 2.45) is 0 Å². The quantitative estimate of drug-likeness (QED) is 0.651. The van der Waals surface area contributed by atoms with E-state index >= 15 is 0 Å². The van der Waals surface area contributed by atoms with E-state index in [1.165, 1.54) is 42.2 Å². The predicted molar refractivity (Wildman–Crippen MR) is 113 cm³/mol. The molecule has 1 aromatic heterocycles. The first kappa shape index (κ1) is 20.9. The molecule has 0 N–H and O–H groups in total. The standard InChI is InChI=1S/C22H28N2O5S/c1-3-30(26,27)20-13-19(25)23-21-24(20)14-22(2,29-21)15-28-18-11-9-17(10-12-18)16-7-5-4-6-8-16/h9-13,16H,3-8,14-15H2,1-2H3/t22-/m0/s1. The lowest BCUT2D eigenvalue weighted by Gasteiger charge is -2.24. The zero-order chi connectivity index (χ0) is 21.4. The van der Waals surface area contributed by atoms with Crippen LogP contribution in [0.2, 0.25) is 0 Å². The van der Waals surface area contributed by atoms with Gasteiger partial charge in [-0.3, -0.25) is 9.36 Å². The molecule has 1 aliphatic heterocycles. The molecule has 2 aliphatic rings. The predicted octanol–water partition coefficient (Wildman–Crippen LogP) is 3.31. The van der Waals surface area contributed by atoms with Crippen LogP contribution in [0.3, 0.4) is 0 Å². The van der Waals surface area contributed by atoms with Crippen LogP contribution < -0.4 is 15.0 Å². The van der Waals surface area contributed by atoms with Gasteiger partial charge in [-0.2, -0.15) is 4.98 Å². The van der Waals surface area contributed by atoms with E-state index in [1.54, 1.807) is 6.92 Å². The third kappa shape index (κ3) is 4.24. The van der Waals surface area contributed by atoms with E-state index in [4.69, 9.17) is 9.47 Å². The summed E-state index contributed by atoms with van der Waals surface area (Å²) in [5.74, 6) is 1.27. The largest absolute Gasteiger partial charge is 0.489 e. The van der Waals surface area contributed by atoms with Crippen LogP contribution in [0, 0.1) is 0 Å². The molecule has 1 saturated carbocycles. The Morgan fingerprint density at radius 3 is 2.57 bits per heavy atom. The first-order valence-corrected chi connectivity index (χ1v) is 12.2. The van der Waals surface area contributed by atoms with Crippen LogP contribution in [-0.4, -0.2) is 35.9 Å². The minimum atomic E-state index is -3.58. The Kier molecular flexibility index (Phi) is 5.61. The van der Waals surface area contributed by atoms with Gasteiger partial charge in [0.1, 0.15) is 17.4 Å². The number of hydrogen-bond acceptors (Lipinski definition) is 6. The summed E-state index contributed by atoms with van der Waals surface area (Å²) in [5.41, 5.74) is -0.0971. The number of rotatable bonds is 6. The van der Waals surface area contributed by atoms with Gasteiger partial charge in [0, 0.05) is 6.07 Å². The molecule has 0 radical (unpaired) electrons. The van der Waals surface area contributed by atoms with Crippen molar-refractivity contribution in [3.05, 3.63) is 46.2 Å². The number of aromatic nitrogens is 2. The normalized spacial score (nSPS) is 21.8. The number of fused-ring (bicyclic) bond motifs is 1. The van der Waals surface area contributed by atoms with Crippen molar-refractivity contribution in [3.8, 4) is 11.8 Å². The van der Waals surface area contributed by atoms with Crippen molar-refractivity contribution in [1.82, 2.24) is 9.55 Å². The highest BCUT2D eigenvalue weighted by Gasteiger charge is 2.39. The minimum Gasteiger partial charge on any atom is -0.489 e. The van der Waals surface area contributed by atoms with Crippen LogP contribution in [0.4, 0.5) is 0 Å². The lowest BCUT2D eigenvalue weighted by atomic mass is 9.84. The second-order valence-corrected chi connectivity index (χ2v) is 10.7. The molecule has 1 atom stereocenters. The summed E-state index contributed by atoms with van der Waals surface area (Å²) in [6, 6.07) is 9.29. The second-order valence-electron chi connectivity index (χ2n) is 8.45. The first-order valence-electron chi connectivity index (χ1n) is 10.6. The van der Waals surface area contributed by atoms with Gasteiger partial charge in [0.25, 0.3) is 5.56 Å². The molecule has 0 unspecified atom stereocenters. The lowest BCUT2D eigenvalue weighted by Crippen LogP contribution is -2.38. The van der Waals surface area contributed by atoms with E-state index in [0.29, 0.717) is 5.92 Å². The van der Waals surface area contributed by atoms with Crippen molar-refractivity contribution >= 4 is 9.84 Å². The van der Waals surface area contributed by atoms with Gasteiger partial charge < -0.3 is 9.47 Å². The third-order valence-electron chi connectivity index (χ3n) is 5.98. The van der Waals surface area contributed by atoms with Crippen molar-refractivity contribution < 1.29 is 17.9 Å². The Bertz CT molecular complexity index is 1070. The van der Waals surface area contributed by atoms with Crippen molar-refractivity contribution in [3.63, 3.8) is 0 Å². The summed E-state index contributed by atoms with van der Waals surface area (Å²) >= 11 is 0. The highest BCUT2D eigenvalue weighted by atomic mass is 32.2. The smallest absolute Gasteiger partial charge is 0.301 e. The van der Waals surface area contributed by atoms with Crippen LogP contribution in [0.25, 0.3) is 0 Å². The van der Waals surface area contributed by atoms with E-state index < -0.39 is 21.0 Å². The molecular weight excluding hydrogens is 404 g/mol. The topological polar surface area (TPSA) is 87.5 Å². The molecule has 8 heteroatoms. The number of nitrogens with zero attached hydrogens (tertiary/aromatic N) is 2. The summed E-state index contributed by atoms with van der Waals surface area (Å²) in [6.45, 7) is 3.82. The first-order chi connectivity index (χ1) is 14.3. The SMILES string of the molecule is CCS(=O)(=O)c1cc(=O)nc2n1C[C@@](C)(COc1ccc(C3CCCCC3)cc1)O2. The van der Waals surface area contributed by atoms with Crippen molar-refractivity contribution in [2.75, 3.05) is 12.4 Å². The van der Waals surface area contributed by atoms with Gasteiger partial charge in [-0.05, 0) is 43.4 Å². The van der Waals surface area contributed by atoms with Crippen molar-refractivity contribution in [1.29, 1.82) is 0 Å². The third-order valence-corrected chi connectivity index (χ3v) is 7.72. The molecule has 7 nitrogen and oxygen atoms in total. The van der Waals surface area contributed by atoms with Crippen LogP contribution in [-0.2, 0) is 16.4 Å². The molecule has 1 aromatic carbocycles. The zero-order valence-corrected chi connectivity index (χ0v) is 18.3. The molecule has 0 saturated heterocycles. The zero-order valence-electron chi connectivity index (χ0n) is 17.5. The summed E-state index contributed by atoms with van der Waals surface area (Å²) in [5, 5.41) is -0.0550. The lowest BCUT2D eigenvalue weighted by molar-refractivity contribution is 0.0507. The van der Waals surface area contributed by atoms with Gasteiger partial charge in [-0.25, -0.2) is 8.42 Å². The van der Waals surface area contributed by atoms with Crippen LogP contribution in [0.1, 0.15) is 57.4 Å². The molecule has 0 spiro atoms. The van der Waals surface area contributed by atoms with E-state index in [9.17, 15) is 13.2 Å². The van der Waals surface area contributed by atoms with E-state index in [-0.39, 0.29) is 29.9 Å². The highest BCUT2D eigenvalue weighted by molar-refractivity contribution is 7.91. The van der Waals surface area contributed by atoms with Gasteiger partial charge in [0.2, 0.25) is 0 Å². The molecule has 1 aliphatic carbocycles. The Labute approximate surface area is 177 Å². The summed E-state index contributed by atoms with van der Waals surface area (Å²) < 4.78 is 38.1. The van der Waals surface area contributed by atoms with Crippen LogP contribution in [0.15, 0.2) is 40.2 Å². The number of ether oxygens (including phenoxy) is 2. The van der Waals surface area contributed by atoms with Gasteiger partial charge in [0.15, 0.2) is 15.4 Å². The van der Waals surface area contributed by atoms with Crippen molar-refractivity contribution in [2.45, 2.75) is 69.0 Å². The van der Waals surface area contributed by atoms with Gasteiger partial charge in [0.05, 0.1) is 12.3 Å². The average Bonchev–Trinajstić information content (AvgIpc) is 3.09. The summed E-state index contributed by atoms with van der Waals surface area (Å²) in [6.07, 6.45) is 6.43. The molecule has 162 valence electrons. The Morgan fingerprint density at radius 1 is 1.20 bits per heavy atom. The Balaban J connectivity index is 1.46. The molecule has 30 heavy (non-hydrogen) atoms. The monoisotopic (exact) mass is 432 g/mol. The summed E-state index contributed by atoms with van der Waals surface area (Å²) in [7, 11) is -3.58. The highest BCUT2D eigenvalue weighted by Crippen LogP contribution is 2.34. The number of hydrogen-bond donors (Lipinski definition) is 0. The van der Waals surface area contributed by atoms with E-state index in [1.807, 2.05) is 19.1 Å². The fourth-order valence-electron chi connectivity index (χ4n) is 4.26. The van der Waals surface area contributed by atoms with Crippen LogP contribution in [0.5, 0.6) is 11.8 Å². The molecule has 2 heterocycles. The molecule has 2 aromatic rings. The average molecular weight is 433 g/mol. The molecule has 0 bridgehead atoms. The van der Waals surface area contributed by atoms with E-state index in [2.05, 4.69) is 17.1 Å². The van der Waals surface area contributed by atoms with Gasteiger partial charge >= 0.3 is 6.01 Å². The molecular formula is C22H28N2O5S. The number of sulfone groups is 1. The van der Waals surface area contributed by atoms with Gasteiger partial charge in [-0.15, -0.1) is 0 Å². The molecule has 1 fully saturated rings. The Morgan fingerprint density at radius 2 is 1.90 bits per heavy atom. The Hall–Kier alpha value is -2.35. The molecule has 4 rings (SSSR count). The maximum atomic E-state index is 12.4. The number of benzene rings is 1. The van der Waals surface area contributed by atoms with E-state index in [0.717, 1.165) is 11.8 Å². The van der Waals surface area contributed by atoms with Gasteiger partial charge in [-0.1, -0.05) is 38.3 Å². The fourth-order valence-corrected chi connectivity index (χ4v) is 5.32. The molecule has 0 amide bonds. The second kappa shape index (κ2) is 8.06. The fraction of sp³-hybridized carbons (Fsp3) is 0.545.